The number of hydrogen-bond donors (Lipinski definition) is 1. The van der Waals surface area contributed by atoms with Crippen LogP contribution in [-0.2, 0) is 6.61 Å². The van der Waals surface area contributed by atoms with Crippen molar-refractivity contribution in [3.05, 3.63) is 106 Å². The molecule has 6 heteroatoms. The van der Waals surface area contributed by atoms with Crippen molar-refractivity contribution < 1.29 is 9.53 Å². The zero-order valence-corrected chi connectivity index (χ0v) is 20.9. The van der Waals surface area contributed by atoms with Gasteiger partial charge in [-0.2, -0.15) is 5.10 Å². The van der Waals surface area contributed by atoms with E-state index in [-0.39, 0.29) is 5.91 Å². The van der Waals surface area contributed by atoms with E-state index in [0.29, 0.717) is 17.9 Å². The van der Waals surface area contributed by atoms with Gasteiger partial charge in [-0.3, -0.25) is 4.79 Å². The predicted molar refractivity (Wildman–Crippen MR) is 145 cm³/mol. The van der Waals surface area contributed by atoms with Crippen LogP contribution in [0, 0.1) is 0 Å². The van der Waals surface area contributed by atoms with Crippen molar-refractivity contribution in [3.8, 4) is 5.75 Å². The predicted octanol–water partition coefficient (Wildman–Crippen LogP) is 6.55. The maximum Gasteiger partial charge on any atom is 0.271 e. The molecule has 0 spiro atoms. The smallest absolute Gasteiger partial charge is 0.271 e. The molecule has 1 saturated heterocycles. The van der Waals surface area contributed by atoms with Gasteiger partial charge in [0, 0.05) is 34.4 Å². The summed E-state index contributed by atoms with van der Waals surface area (Å²) in [5, 5.41) is 6.36. The molecule has 4 aromatic carbocycles. The first-order valence-corrected chi connectivity index (χ1v) is 12.5. The number of carbonyl (C=O) groups excluding carboxylic acids is 1. The lowest BCUT2D eigenvalue weighted by Crippen LogP contribution is -2.19. The zero-order valence-electron chi connectivity index (χ0n) is 19.3. The summed E-state index contributed by atoms with van der Waals surface area (Å²) in [6.45, 7) is 2.59. The van der Waals surface area contributed by atoms with Gasteiger partial charge in [0.2, 0.25) is 0 Å². The molecule has 0 aromatic heterocycles. The van der Waals surface area contributed by atoms with E-state index in [9.17, 15) is 4.79 Å². The maximum atomic E-state index is 12.7. The lowest BCUT2D eigenvalue weighted by atomic mass is 10.0. The second-order valence-electron chi connectivity index (χ2n) is 8.55. The van der Waals surface area contributed by atoms with Gasteiger partial charge in [-0.1, -0.05) is 58.4 Å². The minimum atomic E-state index is -0.244. The standard InChI is InChI=1S/C29H26BrN3O2/c30-24-12-7-21(8-13-24)20-35-28-16-11-22-5-1-2-6-26(22)27(28)19-31-32-29(34)23-9-14-25(15-10-23)33-17-3-4-18-33/h1-2,5-16,19H,3-4,17-18,20H2,(H,32,34)/b31-19-. The molecule has 1 N–H and O–H groups in total. The molecule has 0 aliphatic carbocycles. The number of nitrogens with zero attached hydrogens (tertiary/aromatic N) is 2. The van der Waals surface area contributed by atoms with Crippen LogP contribution in [0.2, 0.25) is 0 Å². The number of anilines is 1. The van der Waals surface area contributed by atoms with Crippen LogP contribution in [0.25, 0.3) is 10.8 Å². The Bertz CT molecular complexity index is 1340. The first kappa shape index (κ1) is 23.1. The summed E-state index contributed by atoms with van der Waals surface area (Å²) in [5.41, 5.74) is 6.29. The van der Waals surface area contributed by atoms with Crippen LogP contribution in [0.4, 0.5) is 5.69 Å². The molecule has 35 heavy (non-hydrogen) atoms. The van der Waals surface area contributed by atoms with Crippen LogP contribution in [0.3, 0.4) is 0 Å². The van der Waals surface area contributed by atoms with Crippen molar-refractivity contribution >= 4 is 44.5 Å². The molecule has 5 rings (SSSR count). The Labute approximate surface area is 213 Å². The normalized spacial score (nSPS) is 13.5. The van der Waals surface area contributed by atoms with E-state index < -0.39 is 0 Å². The molecule has 1 heterocycles. The number of benzene rings is 4. The second kappa shape index (κ2) is 10.7. The lowest BCUT2D eigenvalue weighted by molar-refractivity contribution is 0.0955. The van der Waals surface area contributed by atoms with Gasteiger partial charge in [0.05, 0.1) is 6.21 Å². The first-order valence-electron chi connectivity index (χ1n) is 11.7. The minimum Gasteiger partial charge on any atom is -0.488 e. The third-order valence-corrected chi connectivity index (χ3v) is 6.73. The van der Waals surface area contributed by atoms with Gasteiger partial charge >= 0.3 is 0 Å². The van der Waals surface area contributed by atoms with Crippen LogP contribution in [0.1, 0.15) is 34.3 Å². The Hall–Kier alpha value is -3.64. The molecule has 176 valence electrons. The van der Waals surface area contributed by atoms with Crippen molar-refractivity contribution in [2.75, 3.05) is 18.0 Å². The molecule has 1 aliphatic heterocycles. The molecule has 1 amide bonds. The molecule has 0 unspecified atom stereocenters. The molecular formula is C29H26BrN3O2. The first-order chi connectivity index (χ1) is 17.2. The van der Waals surface area contributed by atoms with Crippen molar-refractivity contribution in [2.24, 2.45) is 5.10 Å². The highest BCUT2D eigenvalue weighted by Crippen LogP contribution is 2.28. The molecule has 0 radical (unpaired) electrons. The average Bonchev–Trinajstić information content (AvgIpc) is 3.44. The van der Waals surface area contributed by atoms with E-state index >= 15 is 0 Å². The topological polar surface area (TPSA) is 53.9 Å². The summed E-state index contributed by atoms with van der Waals surface area (Å²) >= 11 is 3.46. The van der Waals surface area contributed by atoms with E-state index in [1.807, 2.05) is 84.9 Å². The van der Waals surface area contributed by atoms with E-state index in [1.165, 1.54) is 12.8 Å². The monoisotopic (exact) mass is 527 g/mol. The Balaban J connectivity index is 1.32. The van der Waals surface area contributed by atoms with Gasteiger partial charge in [0.25, 0.3) is 5.91 Å². The number of hydrazone groups is 1. The highest BCUT2D eigenvalue weighted by molar-refractivity contribution is 9.10. The van der Waals surface area contributed by atoms with Crippen LogP contribution in [0.15, 0.2) is 94.5 Å². The van der Waals surface area contributed by atoms with Crippen LogP contribution in [0.5, 0.6) is 5.75 Å². The van der Waals surface area contributed by atoms with Crippen molar-refractivity contribution in [1.82, 2.24) is 5.43 Å². The second-order valence-corrected chi connectivity index (χ2v) is 9.47. The van der Waals surface area contributed by atoms with Gasteiger partial charge in [0.15, 0.2) is 0 Å². The summed E-state index contributed by atoms with van der Waals surface area (Å²) < 4.78 is 7.18. The minimum absolute atomic E-state index is 0.244. The van der Waals surface area contributed by atoms with E-state index in [4.69, 9.17) is 4.74 Å². The van der Waals surface area contributed by atoms with E-state index in [1.54, 1.807) is 6.21 Å². The fourth-order valence-electron chi connectivity index (χ4n) is 4.30. The highest BCUT2D eigenvalue weighted by atomic mass is 79.9. The molecule has 1 aliphatic rings. The SMILES string of the molecule is O=C(N/N=C\c1c(OCc2ccc(Br)cc2)ccc2ccccc12)c1ccc(N2CCCC2)cc1. The third-order valence-electron chi connectivity index (χ3n) is 6.20. The van der Waals surface area contributed by atoms with Gasteiger partial charge in [0.1, 0.15) is 12.4 Å². The summed E-state index contributed by atoms with van der Waals surface area (Å²) in [5.74, 6) is 0.464. The number of ether oxygens (including phenoxy) is 1. The summed E-state index contributed by atoms with van der Waals surface area (Å²) in [4.78, 5) is 15.0. The molecule has 0 saturated carbocycles. The third kappa shape index (κ3) is 5.54. The average molecular weight is 528 g/mol. The zero-order chi connectivity index (χ0) is 24.0. The fraction of sp³-hybridized carbons (Fsp3) is 0.172. The summed E-state index contributed by atoms with van der Waals surface area (Å²) in [7, 11) is 0. The molecule has 4 aromatic rings. The molecule has 0 atom stereocenters. The number of fused-ring (bicyclic) bond motifs is 1. The van der Waals surface area contributed by atoms with Gasteiger partial charge in [-0.25, -0.2) is 5.43 Å². The number of amides is 1. The van der Waals surface area contributed by atoms with Crippen molar-refractivity contribution in [1.29, 1.82) is 0 Å². The molecule has 1 fully saturated rings. The maximum absolute atomic E-state index is 12.7. The Morgan fingerprint density at radius 3 is 2.46 bits per heavy atom. The van der Waals surface area contributed by atoms with Crippen LogP contribution >= 0.6 is 15.9 Å². The number of halogens is 1. The van der Waals surface area contributed by atoms with Gasteiger partial charge in [-0.05, 0) is 71.6 Å². The summed E-state index contributed by atoms with van der Waals surface area (Å²) in [6.07, 6.45) is 4.11. The van der Waals surface area contributed by atoms with Gasteiger partial charge in [-0.15, -0.1) is 0 Å². The van der Waals surface area contributed by atoms with Crippen molar-refractivity contribution in [2.45, 2.75) is 19.4 Å². The largest absolute Gasteiger partial charge is 0.488 e. The van der Waals surface area contributed by atoms with Crippen molar-refractivity contribution in [3.63, 3.8) is 0 Å². The quantitative estimate of drug-likeness (QED) is 0.219. The van der Waals surface area contributed by atoms with Gasteiger partial charge < -0.3 is 9.64 Å². The number of hydrogen-bond acceptors (Lipinski definition) is 4. The summed E-state index contributed by atoms with van der Waals surface area (Å²) in [6, 6.07) is 27.8. The number of carbonyl (C=O) groups is 1. The number of rotatable bonds is 7. The lowest BCUT2D eigenvalue weighted by Gasteiger charge is -2.17. The van der Waals surface area contributed by atoms with Crippen LogP contribution < -0.4 is 15.1 Å². The Morgan fingerprint density at radius 2 is 1.69 bits per heavy atom. The Kier molecular flexibility index (Phi) is 7.09. The molecule has 0 bridgehead atoms. The molecule has 5 nitrogen and oxygen atoms in total. The fourth-order valence-corrected chi connectivity index (χ4v) is 4.56. The molecular weight excluding hydrogens is 502 g/mol. The number of nitrogens with one attached hydrogen (secondary N) is 1. The van der Waals surface area contributed by atoms with Crippen LogP contribution in [-0.4, -0.2) is 25.2 Å². The van der Waals surface area contributed by atoms with E-state index in [2.05, 4.69) is 31.4 Å². The highest BCUT2D eigenvalue weighted by Gasteiger charge is 2.13. The Morgan fingerprint density at radius 1 is 0.943 bits per heavy atom. The van der Waals surface area contributed by atoms with E-state index in [0.717, 1.165) is 45.1 Å².